The molecule has 4 heterocycles. The van der Waals surface area contributed by atoms with Crippen molar-refractivity contribution in [3.8, 4) is 5.88 Å². The zero-order chi connectivity index (χ0) is 21.3. The number of carbonyl (C=O) groups excluding carboxylic acids is 1. The summed E-state index contributed by atoms with van der Waals surface area (Å²) >= 11 is 0. The van der Waals surface area contributed by atoms with Crippen LogP contribution in [0.3, 0.4) is 0 Å². The van der Waals surface area contributed by atoms with Crippen LogP contribution in [0, 0.1) is 13.8 Å². The van der Waals surface area contributed by atoms with Gasteiger partial charge in [0.05, 0.1) is 11.9 Å². The Kier molecular flexibility index (Phi) is 5.48. The third-order valence-electron chi connectivity index (χ3n) is 5.33. The van der Waals surface area contributed by atoms with Crippen LogP contribution in [0.1, 0.15) is 41.6 Å². The van der Waals surface area contributed by atoms with Gasteiger partial charge in [-0.05, 0) is 45.7 Å². The fourth-order valence-electron chi connectivity index (χ4n) is 3.81. The van der Waals surface area contributed by atoms with Crippen molar-refractivity contribution in [1.29, 1.82) is 0 Å². The van der Waals surface area contributed by atoms with Crippen LogP contribution in [0.25, 0.3) is 11.0 Å². The largest absolute Gasteiger partial charge is 0.472 e. The van der Waals surface area contributed by atoms with Crippen LogP contribution in [0.5, 0.6) is 5.88 Å². The first-order valence-corrected chi connectivity index (χ1v) is 10.2. The zero-order valence-electron chi connectivity index (χ0n) is 17.5. The smallest absolute Gasteiger partial charge is 0.259 e. The van der Waals surface area contributed by atoms with Gasteiger partial charge in [0.1, 0.15) is 23.1 Å². The van der Waals surface area contributed by atoms with Gasteiger partial charge in [0.15, 0.2) is 0 Å². The molecule has 0 spiro atoms. The molecule has 0 aliphatic carbocycles. The summed E-state index contributed by atoms with van der Waals surface area (Å²) in [5.41, 5.74) is 1.34. The second-order valence-corrected chi connectivity index (χ2v) is 7.56. The minimum absolute atomic E-state index is 0.171. The fraction of sp³-hybridized carbons (Fsp3) is 0.409. The number of pyridine rings is 2. The van der Waals surface area contributed by atoms with E-state index in [1.807, 2.05) is 18.4 Å². The van der Waals surface area contributed by atoms with Crippen molar-refractivity contribution in [1.82, 2.24) is 24.4 Å². The number of carbonyl (C=O) groups is 1. The summed E-state index contributed by atoms with van der Waals surface area (Å²) in [4.78, 5) is 40.9. The Morgan fingerprint density at radius 1 is 1.23 bits per heavy atom. The number of piperidine rings is 1. The molecule has 1 fully saturated rings. The van der Waals surface area contributed by atoms with Crippen molar-refractivity contribution in [2.75, 3.05) is 13.1 Å². The molecule has 1 aliphatic heterocycles. The number of fused-ring (bicyclic) bond motifs is 1. The highest BCUT2D eigenvalue weighted by Crippen LogP contribution is 2.19. The third-order valence-corrected chi connectivity index (χ3v) is 5.33. The molecule has 1 atom stereocenters. The average Bonchev–Trinajstić information content (AvgIpc) is 2.74. The Balaban J connectivity index is 1.61. The van der Waals surface area contributed by atoms with E-state index in [0.717, 1.165) is 18.5 Å². The van der Waals surface area contributed by atoms with Gasteiger partial charge >= 0.3 is 0 Å². The Bertz CT molecular complexity index is 1160. The SMILES string of the molecule is CCn1cc(C(=O)N2CCCC(Oc3ccnc(C)n3)C2)c(=O)c2ccc(C)nc21. The van der Waals surface area contributed by atoms with Crippen molar-refractivity contribution in [3.05, 3.63) is 57.9 Å². The van der Waals surface area contributed by atoms with Gasteiger partial charge in [0, 0.05) is 37.2 Å². The molecule has 3 aromatic rings. The van der Waals surface area contributed by atoms with E-state index >= 15 is 0 Å². The second-order valence-electron chi connectivity index (χ2n) is 7.56. The minimum Gasteiger partial charge on any atom is -0.472 e. The number of likely N-dealkylation sites (tertiary alicyclic amines) is 1. The first-order chi connectivity index (χ1) is 14.5. The predicted molar refractivity (Wildman–Crippen MR) is 113 cm³/mol. The van der Waals surface area contributed by atoms with Crippen LogP contribution in [0.4, 0.5) is 0 Å². The lowest BCUT2D eigenvalue weighted by Gasteiger charge is -2.32. The number of aryl methyl sites for hydroxylation is 3. The molecule has 8 nitrogen and oxygen atoms in total. The number of rotatable bonds is 4. The maximum atomic E-state index is 13.3. The molecular formula is C22H25N5O3. The number of hydrogen-bond donors (Lipinski definition) is 0. The minimum atomic E-state index is -0.276. The molecule has 1 saturated heterocycles. The first-order valence-electron chi connectivity index (χ1n) is 10.2. The molecule has 1 unspecified atom stereocenters. The molecule has 30 heavy (non-hydrogen) atoms. The number of amides is 1. The highest BCUT2D eigenvalue weighted by Gasteiger charge is 2.28. The maximum Gasteiger partial charge on any atom is 0.259 e. The van der Waals surface area contributed by atoms with Crippen LogP contribution < -0.4 is 10.2 Å². The van der Waals surface area contributed by atoms with Gasteiger partial charge in [-0.2, -0.15) is 4.98 Å². The summed E-state index contributed by atoms with van der Waals surface area (Å²) in [6.45, 7) is 7.28. The molecule has 156 valence electrons. The van der Waals surface area contributed by atoms with Gasteiger partial charge in [-0.15, -0.1) is 0 Å². The van der Waals surface area contributed by atoms with Gasteiger partial charge in [-0.1, -0.05) is 0 Å². The number of ether oxygens (including phenoxy) is 1. The van der Waals surface area contributed by atoms with E-state index in [1.54, 1.807) is 42.4 Å². The lowest BCUT2D eigenvalue weighted by Crippen LogP contribution is -2.45. The van der Waals surface area contributed by atoms with Gasteiger partial charge < -0.3 is 14.2 Å². The van der Waals surface area contributed by atoms with Gasteiger partial charge in [0.2, 0.25) is 11.3 Å². The van der Waals surface area contributed by atoms with Crippen molar-refractivity contribution in [3.63, 3.8) is 0 Å². The van der Waals surface area contributed by atoms with Gasteiger partial charge in [-0.3, -0.25) is 9.59 Å². The average molecular weight is 407 g/mol. The monoisotopic (exact) mass is 407 g/mol. The van der Waals surface area contributed by atoms with Crippen LogP contribution in [0.15, 0.2) is 35.4 Å². The lowest BCUT2D eigenvalue weighted by molar-refractivity contribution is 0.0525. The lowest BCUT2D eigenvalue weighted by atomic mass is 10.1. The second kappa shape index (κ2) is 8.22. The molecule has 0 aromatic carbocycles. The van der Waals surface area contributed by atoms with Crippen molar-refractivity contribution < 1.29 is 9.53 Å². The van der Waals surface area contributed by atoms with Gasteiger partial charge in [0.25, 0.3) is 5.91 Å². The fourth-order valence-corrected chi connectivity index (χ4v) is 3.81. The summed E-state index contributed by atoms with van der Waals surface area (Å²) in [6, 6.07) is 5.26. The topological polar surface area (TPSA) is 90.2 Å². The van der Waals surface area contributed by atoms with E-state index in [9.17, 15) is 9.59 Å². The van der Waals surface area contributed by atoms with Crippen molar-refractivity contribution in [2.24, 2.45) is 0 Å². The molecule has 0 radical (unpaired) electrons. The van der Waals surface area contributed by atoms with E-state index in [-0.39, 0.29) is 23.0 Å². The Hall–Kier alpha value is -3.29. The highest BCUT2D eigenvalue weighted by atomic mass is 16.5. The molecule has 0 N–H and O–H groups in total. The summed E-state index contributed by atoms with van der Waals surface area (Å²) < 4.78 is 7.83. The summed E-state index contributed by atoms with van der Waals surface area (Å²) in [5, 5.41) is 0.467. The van der Waals surface area contributed by atoms with E-state index < -0.39 is 0 Å². The van der Waals surface area contributed by atoms with Crippen LogP contribution >= 0.6 is 0 Å². The Morgan fingerprint density at radius 2 is 2.07 bits per heavy atom. The van der Waals surface area contributed by atoms with Crippen LogP contribution in [-0.4, -0.2) is 49.5 Å². The summed E-state index contributed by atoms with van der Waals surface area (Å²) in [5.74, 6) is 0.871. The molecule has 0 saturated carbocycles. The summed E-state index contributed by atoms with van der Waals surface area (Å²) in [7, 11) is 0. The van der Waals surface area contributed by atoms with Crippen molar-refractivity contribution >= 4 is 16.9 Å². The summed E-state index contributed by atoms with van der Waals surface area (Å²) in [6.07, 6.45) is 4.75. The molecule has 4 rings (SSSR count). The maximum absolute atomic E-state index is 13.3. The molecule has 0 bridgehead atoms. The molecular weight excluding hydrogens is 382 g/mol. The van der Waals surface area contributed by atoms with Crippen molar-refractivity contribution in [2.45, 2.75) is 46.3 Å². The standard InChI is InChI=1S/C22H25N5O3/c1-4-26-13-18(20(28)17-8-7-14(2)24-21(17)26)22(29)27-11-5-6-16(12-27)30-19-9-10-23-15(3)25-19/h7-10,13,16H,4-6,11-12H2,1-3H3. The third kappa shape index (κ3) is 3.90. The Morgan fingerprint density at radius 3 is 2.83 bits per heavy atom. The highest BCUT2D eigenvalue weighted by molar-refractivity contribution is 5.97. The predicted octanol–water partition coefficient (Wildman–Crippen LogP) is 2.51. The molecule has 1 amide bonds. The number of nitrogens with zero attached hydrogens (tertiary/aromatic N) is 5. The number of aromatic nitrogens is 4. The first kappa shape index (κ1) is 20.0. The van der Waals surface area contributed by atoms with E-state index in [0.29, 0.717) is 42.4 Å². The van der Waals surface area contributed by atoms with Gasteiger partial charge in [-0.25, -0.2) is 9.97 Å². The molecule has 8 heteroatoms. The molecule has 1 aliphatic rings. The molecule has 3 aromatic heterocycles. The normalized spacial score (nSPS) is 16.6. The number of hydrogen-bond acceptors (Lipinski definition) is 6. The quantitative estimate of drug-likeness (QED) is 0.660. The Labute approximate surface area is 174 Å². The zero-order valence-corrected chi connectivity index (χ0v) is 17.5. The van der Waals surface area contributed by atoms with Crippen LogP contribution in [0.2, 0.25) is 0 Å². The van der Waals surface area contributed by atoms with E-state index in [1.165, 1.54) is 0 Å². The van der Waals surface area contributed by atoms with Crippen LogP contribution in [-0.2, 0) is 6.54 Å². The van der Waals surface area contributed by atoms with E-state index in [4.69, 9.17) is 4.74 Å². The van der Waals surface area contributed by atoms with E-state index in [2.05, 4.69) is 15.0 Å².